The zero-order chi connectivity index (χ0) is 26.2. The highest BCUT2D eigenvalue weighted by molar-refractivity contribution is 5.98. The summed E-state index contributed by atoms with van der Waals surface area (Å²) in [5.41, 5.74) is 1.52. The fourth-order valence-corrected chi connectivity index (χ4v) is 3.13. The SMILES string of the molecule is CCOC(=O)C(Cc1cccc(F)c1)C(=O)OCC.CCOC(=O)C(Cc1ccccc1)C(C)=O. The second-order valence-corrected chi connectivity index (χ2v) is 7.50. The zero-order valence-corrected chi connectivity index (χ0v) is 20.6. The van der Waals surface area contributed by atoms with E-state index in [2.05, 4.69) is 0 Å². The molecule has 0 amide bonds. The normalized spacial score (nSPS) is 11.0. The molecular formula is C27H33FO7. The van der Waals surface area contributed by atoms with Crippen LogP contribution < -0.4 is 0 Å². The molecule has 0 heterocycles. The van der Waals surface area contributed by atoms with Crippen molar-refractivity contribution >= 4 is 23.7 Å². The standard InChI is InChI=1S/C14H17FO4.C13H16O3/c1-3-18-13(16)12(14(17)19-4-2)9-10-6-5-7-11(15)8-10;1-3-16-13(15)12(10(2)14)9-11-7-5-4-6-8-11/h5-8,12H,3-4,9H2,1-2H3;4-8,12H,3,9H2,1-2H3. The van der Waals surface area contributed by atoms with Crippen molar-refractivity contribution < 1.29 is 37.8 Å². The van der Waals surface area contributed by atoms with Gasteiger partial charge in [-0.2, -0.15) is 0 Å². The minimum atomic E-state index is -1.05. The summed E-state index contributed by atoms with van der Waals surface area (Å²) in [6, 6.07) is 15.2. The van der Waals surface area contributed by atoms with Gasteiger partial charge in [-0.15, -0.1) is 0 Å². The Morgan fingerprint density at radius 1 is 0.686 bits per heavy atom. The molecule has 2 aromatic carbocycles. The average Bonchev–Trinajstić information content (AvgIpc) is 2.82. The smallest absolute Gasteiger partial charge is 0.320 e. The Kier molecular flexibility index (Phi) is 13.6. The minimum Gasteiger partial charge on any atom is -0.465 e. The van der Waals surface area contributed by atoms with Crippen molar-refractivity contribution in [1.82, 2.24) is 0 Å². The third-order valence-electron chi connectivity index (χ3n) is 4.82. The van der Waals surface area contributed by atoms with E-state index in [9.17, 15) is 23.6 Å². The molecule has 0 fully saturated rings. The van der Waals surface area contributed by atoms with Gasteiger partial charge >= 0.3 is 17.9 Å². The van der Waals surface area contributed by atoms with Crippen molar-refractivity contribution in [3.63, 3.8) is 0 Å². The molecule has 2 aromatic rings. The molecule has 7 nitrogen and oxygen atoms in total. The van der Waals surface area contributed by atoms with Crippen molar-refractivity contribution in [3.8, 4) is 0 Å². The molecule has 0 saturated heterocycles. The van der Waals surface area contributed by atoms with Gasteiger partial charge in [0, 0.05) is 0 Å². The maximum atomic E-state index is 13.1. The maximum Gasteiger partial charge on any atom is 0.320 e. The van der Waals surface area contributed by atoms with Gasteiger partial charge < -0.3 is 14.2 Å². The number of carbonyl (C=O) groups excluding carboxylic acids is 4. The molecule has 0 radical (unpaired) electrons. The minimum absolute atomic E-state index is 0.0649. The summed E-state index contributed by atoms with van der Waals surface area (Å²) < 4.78 is 27.6. The van der Waals surface area contributed by atoms with Crippen LogP contribution in [0.3, 0.4) is 0 Å². The molecular weight excluding hydrogens is 455 g/mol. The fraction of sp³-hybridized carbons (Fsp3) is 0.407. The summed E-state index contributed by atoms with van der Waals surface area (Å²) in [5.74, 6) is -4.02. The molecule has 0 aliphatic heterocycles. The molecule has 0 aliphatic carbocycles. The van der Waals surface area contributed by atoms with Crippen LogP contribution in [0, 0.1) is 17.7 Å². The zero-order valence-electron chi connectivity index (χ0n) is 20.6. The van der Waals surface area contributed by atoms with Crippen LogP contribution in [0.4, 0.5) is 4.39 Å². The van der Waals surface area contributed by atoms with Gasteiger partial charge in [-0.05, 0) is 63.8 Å². The number of benzene rings is 2. The molecule has 0 bridgehead atoms. The highest BCUT2D eigenvalue weighted by Gasteiger charge is 2.29. The van der Waals surface area contributed by atoms with Crippen LogP contribution in [0.15, 0.2) is 54.6 Å². The Labute approximate surface area is 205 Å². The van der Waals surface area contributed by atoms with E-state index in [0.29, 0.717) is 18.6 Å². The second-order valence-electron chi connectivity index (χ2n) is 7.50. The van der Waals surface area contributed by atoms with E-state index < -0.39 is 35.6 Å². The van der Waals surface area contributed by atoms with E-state index in [4.69, 9.17) is 14.2 Å². The van der Waals surface area contributed by atoms with Crippen LogP contribution in [0.2, 0.25) is 0 Å². The summed E-state index contributed by atoms with van der Waals surface area (Å²) in [4.78, 5) is 46.4. The number of rotatable bonds is 11. The lowest BCUT2D eigenvalue weighted by molar-refractivity contribution is -0.161. The first kappa shape index (κ1) is 29.5. The molecule has 1 atom stereocenters. The van der Waals surface area contributed by atoms with Crippen molar-refractivity contribution in [3.05, 3.63) is 71.5 Å². The predicted octanol–water partition coefficient (Wildman–Crippen LogP) is 4.11. The quantitative estimate of drug-likeness (QED) is 0.267. The Morgan fingerprint density at radius 3 is 1.60 bits per heavy atom. The Balaban J connectivity index is 0.000000355. The van der Waals surface area contributed by atoms with Gasteiger partial charge in [-0.25, -0.2) is 4.39 Å². The van der Waals surface area contributed by atoms with Gasteiger partial charge in [-0.1, -0.05) is 42.5 Å². The lowest BCUT2D eigenvalue weighted by atomic mass is 9.96. The first-order chi connectivity index (χ1) is 16.7. The average molecular weight is 489 g/mol. The number of carbonyl (C=O) groups is 4. The van der Waals surface area contributed by atoms with Gasteiger partial charge in [0.15, 0.2) is 5.92 Å². The first-order valence-electron chi connectivity index (χ1n) is 11.5. The van der Waals surface area contributed by atoms with Crippen molar-refractivity contribution in [2.75, 3.05) is 19.8 Å². The number of hydrogen-bond donors (Lipinski definition) is 0. The third kappa shape index (κ3) is 10.9. The number of hydrogen-bond acceptors (Lipinski definition) is 7. The number of ketones is 1. The van der Waals surface area contributed by atoms with Crippen LogP contribution in [-0.4, -0.2) is 43.5 Å². The van der Waals surface area contributed by atoms with Crippen molar-refractivity contribution in [2.45, 2.75) is 40.5 Å². The molecule has 0 saturated carbocycles. The van der Waals surface area contributed by atoms with E-state index >= 15 is 0 Å². The number of halogens is 1. The Hall–Kier alpha value is -3.55. The van der Waals surface area contributed by atoms with Crippen LogP contribution in [0.25, 0.3) is 0 Å². The van der Waals surface area contributed by atoms with Crippen LogP contribution in [0.1, 0.15) is 38.8 Å². The van der Waals surface area contributed by atoms with E-state index in [0.717, 1.165) is 5.56 Å². The first-order valence-corrected chi connectivity index (χ1v) is 11.5. The summed E-state index contributed by atoms with van der Waals surface area (Å²) in [6.45, 7) is 7.12. The van der Waals surface area contributed by atoms with E-state index in [1.165, 1.54) is 25.1 Å². The second kappa shape index (κ2) is 16.1. The summed E-state index contributed by atoms with van der Waals surface area (Å²) >= 11 is 0. The molecule has 1 unspecified atom stereocenters. The summed E-state index contributed by atoms with van der Waals surface area (Å²) in [6.07, 6.45) is 0.477. The Bertz CT molecular complexity index is 941. The van der Waals surface area contributed by atoms with Crippen LogP contribution in [-0.2, 0) is 46.2 Å². The molecule has 0 spiro atoms. The Morgan fingerprint density at radius 2 is 1.14 bits per heavy atom. The van der Waals surface area contributed by atoms with E-state index in [1.807, 2.05) is 30.3 Å². The molecule has 0 aromatic heterocycles. The van der Waals surface area contributed by atoms with E-state index in [-0.39, 0.29) is 25.4 Å². The molecule has 2 rings (SSSR count). The van der Waals surface area contributed by atoms with Gasteiger partial charge in [0.05, 0.1) is 19.8 Å². The number of Topliss-reactive ketones (excluding diaryl/α,β-unsaturated/α-hetero) is 1. The lowest BCUT2D eigenvalue weighted by Crippen LogP contribution is -2.30. The van der Waals surface area contributed by atoms with Crippen LogP contribution in [0.5, 0.6) is 0 Å². The fourth-order valence-electron chi connectivity index (χ4n) is 3.13. The largest absolute Gasteiger partial charge is 0.465 e. The monoisotopic (exact) mass is 488 g/mol. The number of ether oxygens (including phenoxy) is 3. The van der Waals surface area contributed by atoms with Gasteiger partial charge in [0.1, 0.15) is 17.5 Å². The summed E-state index contributed by atoms with van der Waals surface area (Å²) in [5, 5.41) is 0. The third-order valence-corrected chi connectivity index (χ3v) is 4.82. The van der Waals surface area contributed by atoms with Crippen molar-refractivity contribution in [2.24, 2.45) is 11.8 Å². The number of esters is 3. The van der Waals surface area contributed by atoms with Crippen LogP contribution >= 0.6 is 0 Å². The van der Waals surface area contributed by atoms with Gasteiger partial charge in [0.2, 0.25) is 0 Å². The molecule has 0 aliphatic rings. The summed E-state index contributed by atoms with van der Waals surface area (Å²) in [7, 11) is 0. The van der Waals surface area contributed by atoms with Gasteiger partial charge in [-0.3, -0.25) is 19.2 Å². The molecule has 8 heteroatoms. The highest BCUT2D eigenvalue weighted by atomic mass is 19.1. The maximum absolute atomic E-state index is 13.1. The van der Waals surface area contributed by atoms with E-state index in [1.54, 1.807) is 26.8 Å². The molecule has 0 N–H and O–H groups in total. The lowest BCUT2D eigenvalue weighted by Gasteiger charge is -2.14. The van der Waals surface area contributed by atoms with Gasteiger partial charge in [0.25, 0.3) is 0 Å². The molecule has 35 heavy (non-hydrogen) atoms. The highest BCUT2D eigenvalue weighted by Crippen LogP contribution is 2.14. The topological polar surface area (TPSA) is 96.0 Å². The molecule has 190 valence electrons. The predicted molar refractivity (Wildman–Crippen MR) is 128 cm³/mol. The van der Waals surface area contributed by atoms with Crippen molar-refractivity contribution in [1.29, 1.82) is 0 Å².